The molecule has 1 aromatic carbocycles. The average molecular weight is 177 g/mol. The highest BCUT2D eigenvalue weighted by Crippen LogP contribution is 2.12. The molecule has 1 aromatic rings. The maximum atomic E-state index is 9.32. The lowest BCUT2D eigenvalue weighted by Crippen LogP contribution is -2.23. The Morgan fingerprint density at radius 3 is 2.69 bits per heavy atom. The lowest BCUT2D eigenvalue weighted by Gasteiger charge is -2.09. The largest absolute Gasteiger partial charge is 0.392 e. The molecule has 0 aliphatic carbocycles. The molecule has 1 aliphatic rings. The van der Waals surface area contributed by atoms with Crippen LogP contribution in [0.5, 0.6) is 0 Å². The standard InChI is InChI=1S/C11H15NO/c13-11-7-10(12-8-11)6-9-4-2-1-3-5-9/h1-5,10-13H,6-8H2. The molecule has 2 atom stereocenters. The average Bonchev–Trinajstić information content (AvgIpc) is 2.53. The molecule has 2 heteroatoms. The fourth-order valence-corrected chi connectivity index (χ4v) is 1.85. The van der Waals surface area contributed by atoms with Crippen molar-refractivity contribution in [3.8, 4) is 0 Å². The molecule has 0 radical (unpaired) electrons. The summed E-state index contributed by atoms with van der Waals surface area (Å²) in [6, 6.07) is 10.9. The molecule has 1 aliphatic heterocycles. The smallest absolute Gasteiger partial charge is 0.0679 e. The van der Waals surface area contributed by atoms with Crippen molar-refractivity contribution in [2.24, 2.45) is 0 Å². The van der Waals surface area contributed by atoms with E-state index in [0.29, 0.717) is 6.04 Å². The Labute approximate surface area is 78.6 Å². The maximum absolute atomic E-state index is 9.32. The summed E-state index contributed by atoms with van der Waals surface area (Å²) in [7, 11) is 0. The predicted molar refractivity (Wildman–Crippen MR) is 52.6 cm³/mol. The van der Waals surface area contributed by atoms with Gasteiger partial charge in [-0.05, 0) is 18.4 Å². The van der Waals surface area contributed by atoms with Gasteiger partial charge in [-0.2, -0.15) is 0 Å². The highest BCUT2D eigenvalue weighted by molar-refractivity contribution is 5.16. The van der Waals surface area contributed by atoms with Crippen LogP contribution in [0, 0.1) is 0 Å². The van der Waals surface area contributed by atoms with E-state index in [1.807, 2.05) is 6.07 Å². The van der Waals surface area contributed by atoms with Crippen molar-refractivity contribution in [1.82, 2.24) is 5.32 Å². The van der Waals surface area contributed by atoms with Crippen LogP contribution in [0.3, 0.4) is 0 Å². The van der Waals surface area contributed by atoms with Crippen LogP contribution in [0.25, 0.3) is 0 Å². The number of nitrogens with one attached hydrogen (secondary N) is 1. The van der Waals surface area contributed by atoms with Gasteiger partial charge in [-0.15, -0.1) is 0 Å². The fourth-order valence-electron chi connectivity index (χ4n) is 1.85. The third kappa shape index (κ3) is 2.29. The van der Waals surface area contributed by atoms with E-state index >= 15 is 0 Å². The normalized spacial score (nSPS) is 27.8. The molecule has 0 bridgehead atoms. The number of benzene rings is 1. The molecule has 70 valence electrons. The minimum Gasteiger partial charge on any atom is -0.392 e. The Balaban J connectivity index is 1.92. The second-order valence-corrected chi connectivity index (χ2v) is 3.68. The van der Waals surface area contributed by atoms with Crippen molar-refractivity contribution in [2.45, 2.75) is 25.0 Å². The van der Waals surface area contributed by atoms with Gasteiger partial charge in [-0.3, -0.25) is 0 Å². The van der Waals surface area contributed by atoms with Gasteiger partial charge in [0.25, 0.3) is 0 Å². The first kappa shape index (κ1) is 8.73. The zero-order chi connectivity index (χ0) is 9.10. The van der Waals surface area contributed by atoms with Gasteiger partial charge in [0.15, 0.2) is 0 Å². The van der Waals surface area contributed by atoms with Gasteiger partial charge in [-0.25, -0.2) is 0 Å². The minimum atomic E-state index is -0.145. The van der Waals surface area contributed by atoms with Crippen LogP contribution in [-0.2, 0) is 6.42 Å². The van der Waals surface area contributed by atoms with Gasteiger partial charge >= 0.3 is 0 Å². The summed E-state index contributed by atoms with van der Waals surface area (Å²) in [4.78, 5) is 0. The van der Waals surface area contributed by atoms with Gasteiger partial charge in [0.2, 0.25) is 0 Å². The summed E-state index contributed by atoms with van der Waals surface area (Å²) in [6.07, 6.45) is 1.76. The molecular weight excluding hydrogens is 162 g/mol. The van der Waals surface area contributed by atoms with Crippen LogP contribution >= 0.6 is 0 Å². The topological polar surface area (TPSA) is 32.3 Å². The van der Waals surface area contributed by atoms with E-state index in [-0.39, 0.29) is 6.10 Å². The summed E-state index contributed by atoms with van der Waals surface area (Å²) < 4.78 is 0. The summed E-state index contributed by atoms with van der Waals surface area (Å²) >= 11 is 0. The highest BCUT2D eigenvalue weighted by atomic mass is 16.3. The highest BCUT2D eigenvalue weighted by Gasteiger charge is 2.21. The number of hydrogen-bond donors (Lipinski definition) is 2. The van der Waals surface area contributed by atoms with Gasteiger partial charge < -0.3 is 10.4 Å². The fraction of sp³-hybridized carbons (Fsp3) is 0.455. The van der Waals surface area contributed by atoms with E-state index in [2.05, 4.69) is 29.6 Å². The lowest BCUT2D eigenvalue weighted by molar-refractivity contribution is 0.193. The van der Waals surface area contributed by atoms with E-state index in [1.54, 1.807) is 0 Å². The summed E-state index contributed by atoms with van der Waals surface area (Å²) in [5.74, 6) is 0. The molecule has 0 spiro atoms. The van der Waals surface area contributed by atoms with Crippen molar-refractivity contribution < 1.29 is 5.11 Å². The first-order valence-corrected chi connectivity index (χ1v) is 4.80. The molecule has 1 heterocycles. The molecule has 1 fully saturated rings. The van der Waals surface area contributed by atoms with Crippen molar-refractivity contribution >= 4 is 0 Å². The van der Waals surface area contributed by atoms with Crippen LogP contribution in [0.1, 0.15) is 12.0 Å². The quantitative estimate of drug-likeness (QED) is 0.705. The molecule has 0 saturated carbocycles. The van der Waals surface area contributed by atoms with Crippen LogP contribution in [0.4, 0.5) is 0 Å². The van der Waals surface area contributed by atoms with E-state index in [0.717, 1.165) is 19.4 Å². The maximum Gasteiger partial charge on any atom is 0.0679 e. The Morgan fingerprint density at radius 1 is 1.31 bits per heavy atom. The number of aliphatic hydroxyl groups is 1. The van der Waals surface area contributed by atoms with Gasteiger partial charge in [0.05, 0.1) is 6.10 Å². The Morgan fingerprint density at radius 2 is 2.08 bits per heavy atom. The molecule has 2 unspecified atom stereocenters. The van der Waals surface area contributed by atoms with E-state index in [4.69, 9.17) is 0 Å². The monoisotopic (exact) mass is 177 g/mol. The zero-order valence-corrected chi connectivity index (χ0v) is 7.61. The second kappa shape index (κ2) is 3.90. The summed E-state index contributed by atoms with van der Waals surface area (Å²) in [6.45, 7) is 0.748. The molecule has 2 N–H and O–H groups in total. The Bertz CT molecular complexity index is 260. The third-order valence-electron chi connectivity index (χ3n) is 2.52. The minimum absolute atomic E-state index is 0.145. The number of aliphatic hydroxyl groups excluding tert-OH is 1. The number of β-amino-alcohol motifs (C(OH)–C–C–N with tert-alkyl or cyclic N) is 1. The summed E-state index contributed by atoms with van der Waals surface area (Å²) in [5, 5.41) is 12.6. The molecule has 13 heavy (non-hydrogen) atoms. The number of rotatable bonds is 2. The zero-order valence-electron chi connectivity index (χ0n) is 7.61. The Kier molecular flexibility index (Phi) is 2.62. The number of hydrogen-bond acceptors (Lipinski definition) is 2. The van der Waals surface area contributed by atoms with E-state index < -0.39 is 0 Å². The molecule has 0 aromatic heterocycles. The molecule has 0 amide bonds. The molecular formula is C11H15NO. The third-order valence-corrected chi connectivity index (χ3v) is 2.52. The van der Waals surface area contributed by atoms with Crippen LogP contribution < -0.4 is 5.32 Å². The van der Waals surface area contributed by atoms with E-state index in [1.165, 1.54) is 5.56 Å². The lowest BCUT2D eigenvalue weighted by atomic mass is 10.0. The van der Waals surface area contributed by atoms with Gasteiger partial charge in [0, 0.05) is 12.6 Å². The SMILES string of the molecule is OC1CNC(Cc2ccccc2)C1. The first-order valence-electron chi connectivity index (χ1n) is 4.80. The van der Waals surface area contributed by atoms with Crippen molar-refractivity contribution in [3.63, 3.8) is 0 Å². The molecule has 2 nitrogen and oxygen atoms in total. The summed E-state index contributed by atoms with van der Waals surface area (Å²) in [5.41, 5.74) is 1.34. The molecule has 1 saturated heterocycles. The van der Waals surface area contributed by atoms with Crippen molar-refractivity contribution in [1.29, 1.82) is 0 Å². The second-order valence-electron chi connectivity index (χ2n) is 3.68. The van der Waals surface area contributed by atoms with E-state index in [9.17, 15) is 5.11 Å². The predicted octanol–water partition coefficient (Wildman–Crippen LogP) is 0.952. The van der Waals surface area contributed by atoms with Crippen LogP contribution in [0.2, 0.25) is 0 Å². The van der Waals surface area contributed by atoms with Crippen LogP contribution in [0.15, 0.2) is 30.3 Å². The van der Waals surface area contributed by atoms with Gasteiger partial charge in [-0.1, -0.05) is 30.3 Å². The molecule has 2 rings (SSSR count). The van der Waals surface area contributed by atoms with Crippen molar-refractivity contribution in [2.75, 3.05) is 6.54 Å². The van der Waals surface area contributed by atoms with Crippen LogP contribution in [-0.4, -0.2) is 23.8 Å². The van der Waals surface area contributed by atoms with Crippen molar-refractivity contribution in [3.05, 3.63) is 35.9 Å². The van der Waals surface area contributed by atoms with Gasteiger partial charge in [0.1, 0.15) is 0 Å². The first-order chi connectivity index (χ1) is 6.34. The Hall–Kier alpha value is -0.860.